The summed E-state index contributed by atoms with van der Waals surface area (Å²) in [5.74, 6) is 0.656. The quantitative estimate of drug-likeness (QED) is 0.168. The number of aliphatic hydroxyl groups is 1. The summed E-state index contributed by atoms with van der Waals surface area (Å²) < 4.78 is 12.2. The molecule has 2 atom stereocenters. The normalized spacial score (nSPS) is 18.5. The van der Waals surface area contributed by atoms with Gasteiger partial charge in [0.25, 0.3) is 5.91 Å². The van der Waals surface area contributed by atoms with Crippen molar-refractivity contribution in [2.45, 2.75) is 51.7 Å². The maximum atomic E-state index is 14.2. The molecule has 1 amide bonds. The number of ether oxygens (including phenoxy) is 2. The van der Waals surface area contributed by atoms with Gasteiger partial charge in [-0.3, -0.25) is 10.2 Å². The Balaban J connectivity index is 1.74. The molecule has 0 radical (unpaired) electrons. The number of nitrogens with one attached hydrogen (secondary N) is 2. The summed E-state index contributed by atoms with van der Waals surface area (Å²) in [6.07, 6.45) is 0.855. The van der Waals surface area contributed by atoms with E-state index in [1.807, 2.05) is 54.6 Å². The van der Waals surface area contributed by atoms with Crippen LogP contribution in [0.4, 0.5) is 0 Å². The third-order valence-corrected chi connectivity index (χ3v) is 7.36. The number of benzene rings is 3. The van der Waals surface area contributed by atoms with E-state index in [-0.39, 0.29) is 24.3 Å². The average Bonchev–Trinajstić information content (AvgIpc) is 3.31. The van der Waals surface area contributed by atoms with Crippen molar-refractivity contribution in [1.29, 1.82) is 0 Å². The van der Waals surface area contributed by atoms with Gasteiger partial charge in [0.2, 0.25) is 5.90 Å². The van der Waals surface area contributed by atoms with Crippen LogP contribution in [0.1, 0.15) is 56.4 Å². The fraction of sp³-hybridized carbons (Fsp3) is 0.375. The van der Waals surface area contributed by atoms with Crippen molar-refractivity contribution in [3.05, 3.63) is 99.5 Å². The molecule has 218 valence electrons. The molecule has 0 bridgehead atoms. The second kappa shape index (κ2) is 13.7. The Morgan fingerprint density at radius 1 is 1.07 bits per heavy atom. The number of aliphatic imine (C=N–C) groups is 1. The highest BCUT2D eigenvalue weighted by atomic mass is 35.5. The Morgan fingerprint density at radius 2 is 1.80 bits per heavy atom. The van der Waals surface area contributed by atoms with E-state index in [2.05, 4.69) is 31.6 Å². The maximum Gasteiger partial charge on any atom is 0.266 e. The van der Waals surface area contributed by atoms with Crippen LogP contribution in [0, 0.1) is 5.41 Å². The fourth-order valence-electron chi connectivity index (χ4n) is 4.57. The molecule has 0 saturated carbocycles. The lowest BCUT2D eigenvalue weighted by atomic mass is 9.82. The second-order valence-electron chi connectivity index (χ2n) is 11.3. The van der Waals surface area contributed by atoms with Crippen LogP contribution >= 0.6 is 23.2 Å². The van der Waals surface area contributed by atoms with Gasteiger partial charge in [0, 0.05) is 47.2 Å². The molecule has 0 aliphatic carbocycles. The Hall–Kier alpha value is -3.10. The van der Waals surface area contributed by atoms with E-state index in [1.54, 1.807) is 18.2 Å². The average molecular weight is 599 g/mol. The monoisotopic (exact) mass is 597 g/mol. The minimum absolute atomic E-state index is 0.0635. The van der Waals surface area contributed by atoms with E-state index >= 15 is 0 Å². The molecule has 41 heavy (non-hydrogen) atoms. The van der Waals surface area contributed by atoms with E-state index in [4.69, 9.17) is 42.8 Å². The van der Waals surface area contributed by atoms with Gasteiger partial charge in [0.1, 0.15) is 5.75 Å². The third-order valence-electron chi connectivity index (χ3n) is 6.79. The number of carbonyl (C=O) groups is 1. The van der Waals surface area contributed by atoms with Gasteiger partial charge in [0.15, 0.2) is 11.6 Å². The molecule has 0 spiro atoms. The first-order valence-electron chi connectivity index (χ1n) is 13.7. The Kier molecular flexibility index (Phi) is 10.3. The molecule has 0 fully saturated rings. The topological polar surface area (TPSA) is 92.2 Å². The van der Waals surface area contributed by atoms with Crippen LogP contribution < -0.4 is 15.6 Å². The van der Waals surface area contributed by atoms with Gasteiger partial charge in [-0.2, -0.15) is 0 Å². The number of rotatable bonds is 12. The zero-order valence-electron chi connectivity index (χ0n) is 23.6. The van der Waals surface area contributed by atoms with E-state index in [0.717, 1.165) is 12.0 Å². The molecule has 1 aliphatic rings. The van der Waals surface area contributed by atoms with E-state index in [0.29, 0.717) is 52.4 Å². The van der Waals surface area contributed by atoms with E-state index in [1.165, 1.54) is 0 Å². The molecular weight excluding hydrogens is 561 g/mol. The molecule has 3 N–H and O–H groups in total. The van der Waals surface area contributed by atoms with Gasteiger partial charge in [-0.25, -0.2) is 10.4 Å². The van der Waals surface area contributed by atoms with Crippen molar-refractivity contribution >= 4 is 35.0 Å². The van der Waals surface area contributed by atoms with Crippen molar-refractivity contribution < 1.29 is 19.4 Å². The number of halogens is 2. The highest BCUT2D eigenvalue weighted by Crippen LogP contribution is 2.45. The summed E-state index contributed by atoms with van der Waals surface area (Å²) in [6, 6.07) is 22.2. The first-order valence-corrected chi connectivity index (χ1v) is 14.5. The van der Waals surface area contributed by atoms with Crippen molar-refractivity contribution in [3.8, 4) is 5.75 Å². The highest BCUT2D eigenvalue weighted by molar-refractivity contribution is 6.35. The molecule has 3 aromatic carbocycles. The lowest BCUT2D eigenvalue weighted by Crippen LogP contribution is -2.54. The zero-order chi connectivity index (χ0) is 29.5. The van der Waals surface area contributed by atoms with Gasteiger partial charge < -0.3 is 14.6 Å². The zero-order valence-corrected chi connectivity index (χ0v) is 25.1. The summed E-state index contributed by atoms with van der Waals surface area (Å²) in [6.45, 7) is 7.52. The number of amides is 1. The summed E-state index contributed by atoms with van der Waals surface area (Å²) >= 11 is 12.9. The van der Waals surface area contributed by atoms with Crippen molar-refractivity contribution in [2.75, 3.05) is 19.8 Å². The molecule has 0 aromatic heterocycles. The summed E-state index contributed by atoms with van der Waals surface area (Å²) in [5.41, 5.74) is 6.97. The van der Waals surface area contributed by atoms with Gasteiger partial charge in [-0.15, -0.1) is 0 Å². The van der Waals surface area contributed by atoms with Gasteiger partial charge >= 0.3 is 0 Å². The van der Waals surface area contributed by atoms with Crippen LogP contribution in [0.3, 0.4) is 0 Å². The lowest BCUT2D eigenvalue weighted by Gasteiger charge is -2.31. The molecular formula is C32H37Cl2N3O4. The number of hydrogen-bond donors (Lipinski definition) is 3. The predicted octanol–water partition coefficient (Wildman–Crippen LogP) is 6.31. The van der Waals surface area contributed by atoms with Crippen LogP contribution in [0.15, 0.2) is 77.8 Å². The Bertz CT molecular complexity index is 1340. The summed E-state index contributed by atoms with van der Waals surface area (Å²) in [7, 11) is 0. The van der Waals surface area contributed by atoms with Crippen LogP contribution in [-0.2, 0) is 16.0 Å². The molecule has 9 heteroatoms. The molecule has 3 aromatic rings. The predicted molar refractivity (Wildman–Crippen MR) is 164 cm³/mol. The SMILES string of the molecule is CC(C)(C)CCNNC(=O)[C@@]1(Cc2ccccc2)N=C(c2ccc(OCCCO)cc2)O[C@H]1c1ccc(Cl)cc1Cl. The van der Waals surface area contributed by atoms with E-state index < -0.39 is 11.6 Å². The molecule has 1 heterocycles. The minimum atomic E-state index is -1.38. The Labute approximate surface area is 251 Å². The summed E-state index contributed by atoms with van der Waals surface area (Å²) in [5, 5.41) is 9.89. The third kappa shape index (κ3) is 8.01. The van der Waals surface area contributed by atoms with Crippen molar-refractivity contribution in [3.63, 3.8) is 0 Å². The number of hydrazine groups is 1. The lowest BCUT2D eigenvalue weighted by molar-refractivity contribution is -0.130. The number of hydrogen-bond acceptors (Lipinski definition) is 6. The first-order chi connectivity index (χ1) is 19.6. The van der Waals surface area contributed by atoms with Gasteiger partial charge in [-0.05, 0) is 53.8 Å². The number of aliphatic hydroxyl groups excluding tert-OH is 1. The number of carbonyl (C=O) groups excluding carboxylic acids is 1. The largest absolute Gasteiger partial charge is 0.494 e. The molecule has 1 aliphatic heterocycles. The summed E-state index contributed by atoms with van der Waals surface area (Å²) in [4.78, 5) is 19.2. The van der Waals surface area contributed by atoms with E-state index in [9.17, 15) is 4.79 Å². The molecule has 7 nitrogen and oxygen atoms in total. The van der Waals surface area contributed by atoms with Crippen LogP contribution in [-0.4, -0.2) is 42.2 Å². The second-order valence-corrected chi connectivity index (χ2v) is 12.2. The van der Waals surface area contributed by atoms with Crippen molar-refractivity contribution in [1.82, 2.24) is 10.9 Å². The molecule has 4 rings (SSSR count). The molecule has 0 saturated heterocycles. The van der Waals surface area contributed by atoms with Crippen LogP contribution in [0.25, 0.3) is 0 Å². The van der Waals surface area contributed by atoms with Crippen LogP contribution in [0.2, 0.25) is 10.0 Å². The highest BCUT2D eigenvalue weighted by Gasteiger charge is 2.54. The standard InChI is InChI=1S/C32H37Cl2N3O4/c1-31(2,3)16-17-35-37-30(39)32(21-22-8-5-4-6-9-22)28(26-15-12-24(33)20-27(26)34)41-29(36-32)23-10-13-25(14-11-23)40-19-7-18-38/h4-6,8-15,20,28,35,38H,7,16-19,21H2,1-3H3,(H,37,39)/t28-,32-/m0/s1. The van der Waals surface area contributed by atoms with Gasteiger partial charge in [0.05, 0.1) is 6.61 Å². The molecule has 0 unspecified atom stereocenters. The van der Waals surface area contributed by atoms with Crippen molar-refractivity contribution in [2.24, 2.45) is 10.4 Å². The number of nitrogens with zero attached hydrogens (tertiary/aromatic N) is 1. The van der Waals surface area contributed by atoms with Gasteiger partial charge in [-0.1, -0.05) is 80.4 Å². The maximum absolute atomic E-state index is 14.2. The fourth-order valence-corrected chi connectivity index (χ4v) is 5.08. The first kappa shape index (κ1) is 30.8. The minimum Gasteiger partial charge on any atom is -0.494 e. The van der Waals surface area contributed by atoms with Crippen LogP contribution in [0.5, 0.6) is 5.75 Å². The smallest absolute Gasteiger partial charge is 0.266 e. The Morgan fingerprint density at radius 3 is 2.46 bits per heavy atom.